The van der Waals surface area contributed by atoms with Gasteiger partial charge < -0.3 is 11.1 Å². The van der Waals surface area contributed by atoms with E-state index in [0.29, 0.717) is 29.7 Å². The monoisotopic (exact) mass is 292 g/mol. The molecule has 0 saturated carbocycles. The maximum absolute atomic E-state index is 12.3. The standard InChI is InChI=1S/C16H28N4O/c1-5-7-8-12(6-2)9-19-16(21)14-13(17)10-18-15(20-14)11(3)4/h10-12H,5-9,17H2,1-4H3,(H,19,21). The molecule has 0 aliphatic heterocycles. The summed E-state index contributed by atoms with van der Waals surface area (Å²) < 4.78 is 0. The normalized spacial score (nSPS) is 12.4. The summed E-state index contributed by atoms with van der Waals surface area (Å²) in [5.41, 5.74) is 6.45. The van der Waals surface area contributed by atoms with E-state index in [1.54, 1.807) is 0 Å². The van der Waals surface area contributed by atoms with E-state index < -0.39 is 0 Å². The lowest BCUT2D eigenvalue weighted by Gasteiger charge is -2.16. The van der Waals surface area contributed by atoms with Gasteiger partial charge in [-0.2, -0.15) is 0 Å². The number of aromatic nitrogens is 2. The molecule has 0 aromatic carbocycles. The molecule has 0 aliphatic carbocycles. The summed E-state index contributed by atoms with van der Waals surface area (Å²) in [5, 5.41) is 2.96. The summed E-state index contributed by atoms with van der Waals surface area (Å²) in [6.07, 6.45) is 6.11. The van der Waals surface area contributed by atoms with Crippen LogP contribution in [0.15, 0.2) is 6.20 Å². The van der Waals surface area contributed by atoms with E-state index in [0.717, 1.165) is 12.8 Å². The van der Waals surface area contributed by atoms with Gasteiger partial charge in [0, 0.05) is 12.5 Å². The summed E-state index contributed by atoms with van der Waals surface area (Å²) in [5.74, 6) is 1.13. The van der Waals surface area contributed by atoms with Gasteiger partial charge in [-0.25, -0.2) is 9.97 Å². The Balaban J connectivity index is 2.68. The van der Waals surface area contributed by atoms with Gasteiger partial charge in [-0.05, 0) is 12.3 Å². The molecule has 21 heavy (non-hydrogen) atoms. The number of anilines is 1. The molecule has 1 atom stereocenters. The van der Waals surface area contributed by atoms with Gasteiger partial charge in [0.05, 0.1) is 11.9 Å². The SMILES string of the molecule is CCCCC(CC)CNC(=O)c1nc(C(C)C)ncc1N. The first-order chi connectivity index (χ1) is 9.99. The zero-order valence-corrected chi connectivity index (χ0v) is 13.6. The average Bonchev–Trinajstić information content (AvgIpc) is 2.47. The van der Waals surface area contributed by atoms with Crippen molar-refractivity contribution in [1.29, 1.82) is 0 Å². The second kappa shape index (κ2) is 8.60. The van der Waals surface area contributed by atoms with Gasteiger partial charge in [0.1, 0.15) is 5.82 Å². The molecule has 1 amide bonds. The first-order valence-corrected chi connectivity index (χ1v) is 7.90. The van der Waals surface area contributed by atoms with Crippen LogP contribution in [0.4, 0.5) is 5.69 Å². The van der Waals surface area contributed by atoms with Crippen molar-refractivity contribution in [2.45, 2.75) is 59.3 Å². The number of nitrogens with zero attached hydrogens (tertiary/aromatic N) is 2. The number of nitrogens with two attached hydrogens (primary N) is 1. The lowest BCUT2D eigenvalue weighted by atomic mass is 9.99. The molecule has 0 saturated heterocycles. The minimum atomic E-state index is -0.202. The highest BCUT2D eigenvalue weighted by atomic mass is 16.1. The second-order valence-corrected chi connectivity index (χ2v) is 5.81. The third-order valence-corrected chi connectivity index (χ3v) is 3.66. The molecule has 1 unspecified atom stereocenters. The van der Waals surface area contributed by atoms with Crippen LogP contribution in [-0.4, -0.2) is 22.4 Å². The Morgan fingerprint density at radius 1 is 1.38 bits per heavy atom. The van der Waals surface area contributed by atoms with Gasteiger partial charge in [0.2, 0.25) is 0 Å². The van der Waals surface area contributed by atoms with E-state index in [4.69, 9.17) is 5.73 Å². The summed E-state index contributed by atoms with van der Waals surface area (Å²) in [7, 11) is 0. The van der Waals surface area contributed by atoms with Gasteiger partial charge in [-0.1, -0.05) is 47.0 Å². The predicted octanol–water partition coefficient (Wildman–Crippen LogP) is 3.13. The highest BCUT2D eigenvalue weighted by molar-refractivity contribution is 5.96. The summed E-state index contributed by atoms with van der Waals surface area (Å²) >= 11 is 0. The third-order valence-electron chi connectivity index (χ3n) is 3.66. The number of unbranched alkanes of at least 4 members (excludes halogenated alkanes) is 1. The van der Waals surface area contributed by atoms with Crippen LogP contribution in [0.1, 0.15) is 75.6 Å². The van der Waals surface area contributed by atoms with Crippen molar-refractivity contribution >= 4 is 11.6 Å². The van der Waals surface area contributed by atoms with Crippen LogP contribution in [0.3, 0.4) is 0 Å². The Hall–Kier alpha value is -1.65. The molecule has 118 valence electrons. The third kappa shape index (κ3) is 5.33. The van der Waals surface area contributed by atoms with Crippen molar-refractivity contribution in [3.05, 3.63) is 17.7 Å². The number of rotatable bonds is 8. The topological polar surface area (TPSA) is 80.9 Å². The number of carbonyl (C=O) groups is 1. The van der Waals surface area contributed by atoms with Gasteiger partial charge in [0.15, 0.2) is 5.69 Å². The molecule has 0 fully saturated rings. The van der Waals surface area contributed by atoms with Crippen LogP contribution in [0.2, 0.25) is 0 Å². The number of amides is 1. The lowest BCUT2D eigenvalue weighted by Crippen LogP contribution is -2.31. The first-order valence-electron chi connectivity index (χ1n) is 7.90. The molecule has 1 aromatic heterocycles. The molecular formula is C16H28N4O. The van der Waals surface area contributed by atoms with E-state index in [1.807, 2.05) is 13.8 Å². The Labute approximate surface area is 127 Å². The molecule has 0 aliphatic rings. The van der Waals surface area contributed by atoms with Gasteiger partial charge >= 0.3 is 0 Å². The van der Waals surface area contributed by atoms with Crippen LogP contribution in [0, 0.1) is 5.92 Å². The Kier molecular flexibility index (Phi) is 7.12. The molecule has 0 spiro atoms. The smallest absolute Gasteiger partial charge is 0.272 e. The fraction of sp³-hybridized carbons (Fsp3) is 0.688. The molecule has 5 nitrogen and oxygen atoms in total. The van der Waals surface area contributed by atoms with Crippen molar-refractivity contribution in [2.24, 2.45) is 5.92 Å². The van der Waals surface area contributed by atoms with Crippen molar-refractivity contribution in [3.8, 4) is 0 Å². The minimum Gasteiger partial charge on any atom is -0.396 e. The Bertz CT molecular complexity index is 460. The second-order valence-electron chi connectivity index (χ2n) is 5.81. The van der Waals surface area contributed by atoms with Crippen LogP contribution in [0.5, 0.6) is 0 Å². The fourth-order valence-corrected chi connectivity index (χ4v) is 2.13. The zero-order chi connectivity index (χ0) is 15.8. The molecular weight excluding hydrogens is 264 g/mol. The number of nitrogen functional groups attached to an aromatic ring is 1. The van der Waals surface area contributed by atoms with Crippen LogP contribution >= 0.6 is 0 Å². The highest BCUT2D eigenvalue weighted by Crippen LogP contribution is 2.15. The largest absolute Gasteiger partial charge is 0.396 e. The van der Waals surface area contributed by atoms with Crippen molar-refractivity contribution < 1.29 is 4.79 Å². The molecule has 1 heterocycles. The molecule has 0 bridgehead atoms. The molecule has 1 aromatic rings. The maximum atomic E-state index is 12.3. The minimum absolute atomic E-state index is 0.171. The Morgan fingerprint density at radius 2 is 2.10 bits per heavy atom. The summed E-state index contributed by atoms with van der Waals surface area (Å²) in [6.45, 7) is 8.99. The number of carbonyl (C=O) groups excluding carboxylic acids is 1. The first kappa shape index (κ1) is 17.4. The van der Waals surface area contributed by atoms with E-state index >= 15 is 0 Å². The predicted molar refractivity (Wildman–Crippen MR) is 86.2 cm³/mol. The molecule has 3 N–H and O–H groups in total. The van der Waals surface area contributed by atoms with E-state index in [2.05, 4.69) is 29.1 Å². The van der Waals surface area contributed by atoms with E-state index in [-0.39, 0.29) is 11.8 Å². The maximum Gasteiger partial charge on any atom is 0.272 e. The van der Waals surface area contributed by atoms with Gasteiger partial charge in [0.25, 0.3) is 5.91 Å². The lowest BCUT2D eigenvalue weighted by molar-refractivity contribution is 0.0941. The Morgan fingerprint density at radius 3 is 2.67 bits per heavy atom. The summed E-state index contributed by atoms with van der Waals surface area (Å²) in [6, 6.07) is 0. The van der Waals surface area contributed by atoms with Gasteiger partial charge in [-0.15, -0.1) is 0 Å². The number of hydrogen-bond donors (Lipinski definition) is 2. The average molecular weight is 292 g/mol. The summed E-state index contributed by atoms with van der Waals surface area (Å²) in [4.78, 5) is 20.7. The number of hydrogen-bond acceptors (Lipinski definition) is 4. The van der Waals surface area contributed by atoms with Crippen molar-refractivity contribution in [1.82, 2.24) is 15.3 Å². The quantitative estimate of drug-likeness (QED) is 0.771. The van der Waals surface area contributed by atoms with E-state index in [9.17, 15) is 4.79 Å². The van der Waals surface area contributed by atoms with Crippen LogP contribution in [0.25, 0.3) is 0 Å². The van der Waals surface area contributed by atoms with Gasteiger partial charge in [-0.3, -0.25) is 4.79 Å². The molecule has 1 rings (SSSR count). The van der Waals surface area contributed by atoms with E-state index in [1.165, 1.54) is 19.0 Å². The van der Waals surface area contributed by atoms with Crippen LogP contribution in [-0.2, 0) is 0 Å². The highest BCUT2D eigenvalue weighted by Gasteiger charge is 2.16. The number of nitrogens with one attached hydrogen (secondary N) is 1. The van der Waals surface area contributed by atoms with Crippen molar-refractivity contribution in [3.63, 3.8) is 0 Å². The molecule has 5 heteroatoms. The van der Waals surface area contributed by atoms with Crippen LogP contribution < -0.4 is 11.1 Å². The molecule has 0 radical (unpaired) electrons. The fourth-order valence-electron chi connectivity index (χ4n) is 2.13. The van der Waals surface area contributed by atoms with Crippen molar-refractivity contribution in [2.75, 3.05) is 12.3 Å². The zero-order valence-electron chi connectivity index (χ0n) is 13.6.